The third-order valence-corrected chi connectivity index (χ3v) is 2.66. The van der Waals surface area contributed by atoms with E-state index in [1.54, 1.807) is 0 Å². The van der Waals surface area contributed by atoms with Gasteiger partial charge in [-0.1, -0.05) is 13.3 Å². The number of ether oxygens (including phenoxy) is 1. The number of carbonyl (C=O) groups excluding carboxylic acids is 1. The van der Waals surface area contributed by atoms with E-state index in [4.69, 9.17) is 15.6 Å². The molecule has 6 nitrogen and oxygen atoms in total. The fraction of sp³-hybridized carbons (Fsp3) is 0.800. The maximum absolute atomic E-state index is 11.6. The molecule has 0 aliphatic carbocycles. The van der Waals surface area contributed by atoms with Crippen molar-refractivity contribution in [2.45, 2.75) is 31.8 Å². The Bertz CT molecular complexity index is 270. The highest BCUT2D eigenvalue weighted by Gasteiger charge is 2.35. The fourth-order valence-electron chi connectivity index (χ4n) is 1.67. The Hall–Kier alpha value is -1.14. The third kappa shape index (κ3) is 3.18. The van der Waals surface area contributed by atoms with E-state index < -0.39 is 24.0 Å². The van der Waals surface area contributed by atoms with Crippen LogP contribution in [0.1, 0.15) is 19.8 Å². The minimum atomic E-state index is -0.952. The number of amides is 1. The molecule has 0 spiro atoms. The van der Waals surface area contributed by atoms with Crippen LogP contribution in [0.25, 0.3) is 0 Å². The van der Waals surface area contributed by atoms with Crippen molar-refractivity contribution in [1.29, 1.82) is 0 Å². The minimum absolute atomic E-state index is 0.142. The summed E-state index contributed by atoms with van der Waals surface area (Å²) < 4.78 is 5.04. The molecule has 1 saturated heterocycles. The first-order valence-corrected chi connectivity index (χ1v) is 5.42. The molecule has 1 aliphatic rings. The number of hydrogen-bond acceptors (Lipinski definition) is 4. The maximum atomic E-state index is 11.6. The van der Waals surface area contributed by atoms with Crippen LogP contribution < -0.4 is 11.1 Å². The molecule has 1 aliphatic heterocycles. The number of rotatable bonds is 5. The first kappa shape index (κ1) is 12.9. The monoisotopic (exact) mass is 230 g/mol. The molecule has 4 N–H and O–H groups in total. The largest absolute Gasteiger partial charge is 0.481 e. The molecule has 1 rings (SSSR count). The van der Waals surface area contributed by atoms with Gasteiger partial charge in [-0.2, -0.15) is 0 Å². The Kier molecular flexibility index (Phi) is 4.70. The highest BCUT2D eigenvalue weighted by molar-refractivity contribution is 5.82. The highest BCUT2D eigenvalue weighted by Crippen LogP contribution is 2.14. The van der Waals surface area contributed by atoms with Crippen LogP contribution in [-0.2, 0) is 14.3 Å². The van der Waals surface area contributed by atoms with Gasteiger partial charge >= 0.3 is 5.97 Å². The summed E-state index contributed by atoms with van der Waals surface area (Å²) in [6, 6.07) is -1.03. The van der Waals surface area contributed by atoms with E-state index in [1.807, 2.05) is 6.92 Å². The molecule has 16 heavy (non-hydrogen) atoms. The van der Waals surface area contributed by atoms with Crippen molar-refractivity contribution in [2.75, 3.05) is 13.2 Å². The topological polar surface area (TPSA) is 102 Å². The van der Waals surface area contributed by atoms with Gasteiger partial charge in [0.25, 0.3) is 0 Å². The lowest BCUT2D eigenvalue weighted by Gasteiger charge is -2.18. The van der Waals surface area contributed by atoms with Crippen molar-refractivity contribution in [1.82, 2.24) is 5.32 Å². The Balaban J connectivity index is 2.47. The lowest BCUT2D eigenvalue weighted by atomic mass is 10.0. The number of carboxylic acid groups (broad SMARTS) is 1. The zero-order chi connectivity index (χ0) is 12.1. The van der Waals surface area contributed by atoms with E-state index in [0.29, 0.717) is 6.42 Å². The molecule has 0 aromatic carbocycles. The first-order valence-electron chi connectivity index (χ1n) is 5.42. The second kappa shape index (κ2) is 5.81. The average molecular weight is 230 g/mol. The fourth-order valence-corrected chi connectivity index (χ4v) is 1.67. The number of nitrogens with two attached hydrogens (primary N) is 1. The molecule has 1 heterocycles. The molecule has 3 atom stereocenters. The van der Waals surface area contributed by atoms with Crippen molar-refractivity contribution >= 4 is 11.9 Å². The lowest BCUT2D eigenvalue weighted by molar-refractivity contribution is -0.142. The second-order valence-electron chi connectivity index (χ2n) is 3.99. The molecule has 6 heteroatoms. The van der Waals surface area contributed by atoms with Gasteiger partial charge in [0, 0.05) is 0 Å². The SMILES string of the molecule is CCCC(N)C(=O)NC1COCC1C(=O)O. The van der Waals surface area contributed by atoms with Crippen LogP contribution in [0.2, 0.25) is 0 Å². The maximum Gasteiger partial charge on any atom is 0.311 e. The summed E-state index contributed by atoms with van der Waals surface area (Å²) in [5, 5.41) is 11.5. The van der Waals surface area contributed by atoms with Gasteiger partial charge in [-0.15, -0.1) is 0 Å². The van der Waals surface area contributed by atoms with Crippen molar-refractivity contribution in [2.24, 2.45) is 11.7 Å². The standard InChI is InChI=1S/C10H18N2O4/c1-2-3-7(11)9(13)12-8-5-16-4-6(8)10(14)15/h6-8H,2-5,11H2,1H3,(H,12,13)(H,14,15). The van der Waals surface area contributed by atoms with Crippen LogP contribution >= 0.6 is 0 Å². The zero-order valence-corrected chi connectivity index (χ0v) is 9.31. The molecule has 1 amide bonds. The summed E-state index contributed by atoms with van der Waals surface area (Å²) in [7, 11) is 0. The van der Waals surface area contributed by atoms with Gasteiger partial charge in [0.1, 0.15) is 5.92 Å². The Morgan fingerprint density at radius 1 is 1.56 bits per heavy atom. The molecule has 92 valence electrons. The van der Waals surface area contributed by atoms with Crippen molar-refractivity contribution in [3.63, 3.8) is 0 Å². The van der Waals surface area contributed by atoms with E-state index >= 15 is 0 Å². The first-order chi connectivity index (χ1) is 7.56. The van der Waals surface area contributed by atoms with E-state index in [2.05, 4.69) is 5.32 Å². The van der Waals surface area contributed by atoms with Crippen LogP contribution in [0, 0.1) is 5.92 Å². The van der Waals surface area contributed by atoms with Gasteiger partial charge in [-0.05, 0) is 6.42 Å². The Labute approximate surface area is 94.1 Å². The molecule has 0 saturated carbocycles. The van der Waals surface area contributed by atoms with E-state index in [0.717, 1.165) is 6.42 Å². The number of nitrogens with one attached hydrogen (secondary N) is 1. The number of carbonyl (C=O) groups is 2. The zero-order valence-electron chi connectivity index (χ0n) is 9.31. The Morgan fingerprint density at radius 3 is 2.81 bits per heavy atom. The summed E-state index contributed by atoms with van der Waals surface area (Å²) in [5.74, 6) is -1.92. The van der Waals surface area contributed by atoms with Crippen LogP contribution in [-0.4, -0.2) is 42.3 Å². The van der Waals surface area contributed by atoms with Crippen molar-refractivity contribution in [3.05, 3.63) is 0 Å². The van der Waals surface area contributed by atoms with Crippen molar-refractivity contribution in [3.8, 4) is 0 Å². The molecule has 1 fully saturated rings. The van der Waals surface area contributed by atoms with Gasteiger partial charge in [0.15, 0.2) is 0 Å². The number of aliphatic carboxylic acids is 1. The van der Waals surface area contributed by atoms with Gasteiger partial charge in [-0.3, -0.25) is 9.59 Å². The number of carboxylic acids is 1. The van der Waals surface area contributed by atoms with E-state index in [1.165, 1.54) is 0 Å². The molecular formula is C10H18N2O4. The lowest BCUT2D eigenvalue weighted by Crippen LogP contribution is -2.49. The predicted molar refractivity (Wildman–Crippen MR) is 56.8 cm³/mol. The third-order valence-electron chi connectivity index (χ3n) is 2.66. The minimum Gasteiger partial charge on any atom is -0.481 e. The molecular weight excluding hydrogens is 212 g/mol. The molecule has 0 radical (unpaired) electrons. The highest BCUT2D eigenvalue weighted by atomic mass is 16.5. The normalized spacial score (nSPS) is 26.4. The molecule has 0 bridgehead atoms. The van der Waals surface area contributed by atoms with Crippen LogP contribution in [0.5, 0.6) is 0 Å². The van der Waals surface area contributed by atoms with Gasteiger partial charge in [0.05, 0.1) is 25.3 Å². The molecule has 0 aromatic heterocycles. The summed E-state index contributed by atoms with van der Waals surface area (Å²) in [6.45, 7) is 2.32. The van der Waals surface area contributed by atoms with Gasteiger partial charge in [0.2, 0.25) is 5.91 Å². The summed E-state index contributed by atoms with van der Waals surface area (Å²) >= 11 is 0. The number of hydrogen-bond donors (Lipinski definition) is 3. The molecule has 0 aromatic rings. The van der Waals surface area contributed by atoms with Crippen LogP contribution in [0.15, 0.2) is 0 Å². The predicted octanol–water partition coefficient (Wildman–Crippen LogP) is -0.670. The van der Waals surface area contributed by atoms with Crippen LogP contribution in [0.3, 0.4) is 0 Å². The van der Waals surface area contributed by atoms with Gasteiger partial charge in [-0.25, -0.2) is 0 Å². The second-order valence-corrected chi connectivity index (χ2v) is 3.99. The Morgan fingerprint density at radius 2 is 2.25 bits per heavy atom. The van der Waals surface area contributed by atoms with E-state index in [9.17, 15) is 9.59 Å². The van der Waals surface area contributed by atoms with Crippen molar-refractivity contribution < 1.29 is 19.4 Å². The molecule has 3 unspecified atom stereocenters. The quantitative estimate of drug-likeness (QED) is 0.581. The van der Waals surface area contributed by atoms with Gasteiger partial charge < -0.3 is 20.9 Å². The smallest absolute Gasteiger partial charge is 0.311 e. The van der Waals surface area contributed by atoms with E-state index in [-0.39, 0.29) is 19.1 Å². The summed E-state index contributed by atoms with van der Waals surface area (Å²) in [4.78, 5) is 22.4. The van der Waals surface area contributed by atoms with Crippen LogP contribution in [0.4, 0.5) is 0 Å². The average Bonchev–Trinajstić information content (AvgIpc) is 2.66. The summed E-state index contributed by atoms with van der Waals surface area (Å²) in [5.41, 5.74) is 5.63. The summed E-state index contributed by atoms with van der Waals surface area (Å²) in [6.07, 6.45) is 1.41.